The highest BCUT2D eigenvalue weighted by molar-refractivity contribution is 7.20. The number of benzene rings is 7. The van der Waals surface area contributed by atoms with Crippen LogP contribution in [0.4, 0.5) is 93.5 Å². The summed E-state index contributed by atoms with van der Waals surface area (Å²) >= 11 is 0. The largest absolute Gasteiger partial charge is 0.294 e. The van der Waals surface area contributed by atoms with E-state index in [1.807, 2.05) is 59.3 Å². The van der Waals surface area contributed by atoms with Crippen LogP contribution >= 0.6 is 0 Å². The number of carbonyl (C=O) groups excluding carboxylic acids is 2. The molecule has 6 nitrogen and oxygen atoms in total. The minimum absolute atomic E-state index is 0.0278. The van der Waals surface area contributed by atoms with Gasteiger partial charge < -0.3 is 0 Å². The van der Waals surface area contributed by atoms with Crippen LogP contribution in [0.15, 0.2) is 96.2 Å². The zero-order valence-electron chi connectivity index (χ0n) is 36.8. The number of azide groups is 1. The number of nitrogens with zero attached hydrogens (tertiary/aromatic N) is 4. The van der Waals surface area contributed by atoms with Gasteiger partial charge in [-0.25, -0.2) is 87.8 Å². The first-order valence-electron chi connectivity index (χ1n) is 20.8. The van der Waals surface area contributed by atoms with E-state index in [1.165, 1.54) is 0 Å². The van der Waals surface area contributed by atoms with Crippen molar-refractivity contribution in [3.8, 4) is 0 Å². The fourth-order valence-electron chi connectivity index (χ4n) is 8.46. The predicted molar refractivity (Wildman–Crippen MR) is 227 cm³/mol. The van der Waals surface area contributed by atoms with Gasteiger partial charge >= 0.3 is 0 Å². The molecule has 0 spiro atoms. The number of Topliss-reactive ketones (excluding diaryl/α,β-unsaturated/α-hetero) is 2. The van der Waals surface area contributed by atoms with Crippen LogP contribution in [-0.4, -0.2) is 17.7 Å². The van der Waals surface area contributed by atoms with Gasteiger partial charge in [0.25, 0.3) is 0 Å². The Morgan fingerprint density at radius 3 is 1.17 bits per heavy atom. The third-order valence-corrected chi connectivity index (χ3v) is 11.8. The van der Waals surface area contributed by atoms with Crippen molar-refractivity contribution in [2.24, 2.45) is 5.11 Å². The van der Waals surface area contributed by atoms with E-state index in [1.54, 1.807) is 36.4 Å². The maximum atomic E-state index is 15.4. The fraction of sp³-hybridized carbons (Fsp3) is 0.0408. The minimum atomic E-state index is -7.22. The molecule has 0 unspecified atom stereocenters. The van der Waals surface area contributed by atoms with Crippen LogP contribution in [-0.2, 0) is 13.0 Å². The van der Waals surface area contributed by atoms with Gasteiger partial charge in [-0.3, -0.25) is 9.59 Å². The Kier molecular flexibility index (Phi) is 15.4. The zero-order chi connectivity index (χ0) is 56.0. The second-order valence-electron chi connectivity index (χ2n) is 15.9. The number of fused-ring (bicyclic) bond motifs is 1. The summed E-state index contributed by atoms with van der Waals surface area (Å²) in [6, 6.07) is 25.5. The van der Waals surface area contributed by atoms with E-state index in [0.29, 0.717) is 16.8 Å². The van der Waals surface area contributed by atoms with Crippen LogP contribution in [0.1, 0.15) is 26.4 Å². The lowest BCUT2D eigenvalue weighted by molar-refractivity contribution is -0.688. The van der Waals surface area contributed by atoms with Gasteiger partial charge in [-0.15, -0.1) is 21.9 Å². The van der Waals surface area contributed by atoms with E-state index in [4.69, 9.17) is 5.53 Å². The zero-order valence-corrected chi connectivity index (χ0v) is 36.8. The lowest BCUT2D eigenvalue weighted by Crippen LogP contribution is -2.81. The van der Waals surface area contributed by atoms with Gasteiger partial charge in [0.1, 0.15) is 52.7 Å². The molecule has 0 N–H and O–H groups in total. The van der Waals surface area contributed by atoms with Gasteiger partial charge in [-0.2, -0.15) is 4.57 Å². The summed E-state index contributed by atoms with van der Waals surface area (Å²) in [7, 11) is 0. The average molecular weight is 1090 g/mol. The highest BCUT2D eigenvalue weighted by Crippen LogP contribution is 2.31. The number of hydrogen-bond donors (Lipinski definition) is 0. The van der Waals surface area contributed by atoms with E-state index >= 15 is 35.1 Å². The number of pyridine rings is 1. The topological polar surface area (TPSA) is 86.8 Å². The molecule has 0 bridgehead atoms. The molecule has 27 heteroatoms. The molecule has 0 saturated carbocycles. The van der Waals surface area contributed by atoms with Gasteiger partial charge in [0.2, 0.25) is 12.3 Å². The first kappa shape index (κ1) is 55.0. The fourth-order valence-corrected chi connectivity index (χ4v) is 8.46. The van der Waals surface area contributed by atoms with Crippen molar-refractivity contribution in [2.45, 2.75) is 13.0 Å². The van der Waals surface area contributed by atoms with Gasteiger partial charge in [0.15, 0.2) is 87.5 Å². The lowest BCUT2D eigenvalue weighted by Gasteiger charge is -2.44. The van der Waals surface area contributed by atoms with Crippen LogP contribution in [0.25, 0.3) is 21.2 Å². The van der Waals surface area contributed by atoms with Crippen LogP contribution in [0.3, 0.4) is 0 Å². The second-order valence-corrected chi connectivity index (χ2v) is 15.9. The lowest BCUT2D eigenvalue weighted by atomic mass is 9.12. The molecule has 1 aromatic heterocycles. The molecule has 0 amide bonds. The molecule has 0 aliphatic rings. The third kappa shape index (κ3) is 9.08. The van der Waals surface area contributed by atoms with Crippen molar-refractivity contribution < 1.29 is 102 Å². The maximum absolute atomic E-state index is 15.4. The van der Waals surface area contributed by atoms with Crippen LogP contribution in [0.2, 0.25) is 0 Å². The average Bonchev–Trinajstić information content (AvgIpc) is 3.58. The molecule has 0 saturated heterocycles. The van der Waals surface area contributed by atoms with E-state index in [0.717, 1.165) is 16.5 Å². The number of aromatic nitrogens is 1. The van der Waals surface area contributed by atoms with Gasteiger partial charge in [0.05, 0.1) is 6.42 Å². The number of rotatable bonds is 11. The minimum Gasteiger partial charge on any atom is -0.294 e. The van der Waals surface area contributed by atoms with Crippen molar-refractivity contribution in [1.82, 2.24) is 0 Å². The van der Waals surface area contributed by atoms with Crippen LogP contribution in [0, 0.1) is 116 Å². The van der Waals surface area contributed by atoms with Gasteiger partial charge in [0, 0.05) is 33.2 Å². The van der Waals surface area contributed by atoms with E-state index in [2.05, 4.69) is 10.0 Å². The summed E-state index contributed by atoms with van der Waals surface area (Å²) in [5.41, 5.74) is -3.44. The molecule has 8 aromatic rings. The third-order valence-electron chi connectivity index (χ3n) is 11.8. The Balaban J connectivity index is 0.000000236. The number of ketones is 2. The number of halogens is 20. The highest BCUT2D eigenvalue weighted by atomic mass is 19.2. The van der Waals surface area contributed by atoms with Gasteiger partial charge in [-0.05, 0) is 23.1 Å². The van der Waals surface area contributed by atoms with E-state index < -0.39 is 144 Å². The van der Waals surface area contributed by atoms with E-state index in [-0.39, 0.29) is 24.5 Å². The molecule has 7 aromatic carbocycles. The van der Waals surface area contributed by atoms with Crippen molar-refractivity contribution in [2.75, 3.05) is 0 Å². The quantitative estimate of drug-likeness (QED) is 0.0149. The number of carbonyl (C=O) groups is 2. The molecule has 0 atom stereocenters. The smallest absolute Gasteiger partial charge is 0.227 e. The Bertz CT molecular complexity index is 3400. The molecule has 1 heterocycles. The summed E-state index contributed by atoms with van der Waals surface area (Å²) in [4.78, 5) is 28.7. The normalized spacial score (nSPS) is 11.4. The summed E-state index contributed by atoms with van der Waals surface area (Å²) in [6.45, 7) is 0.135. The molecule has 8 rings (SSSR count). The first-order valence-corrected chi connectivity index (χ1v) is 20.8. The van der Waals surface area contributed by atoms with Gasteiger partial charge in [-0.1, -0.05) is 71.8 Å². The molecule has 0 radical (unpaired) electrons. The van der Waals surface area contributed by atoms with Crippen molar-refractivity contribution in [3.63, 3.8) is 0 Å². The Morgan fingerprint density at radius 1 is 0.421 bits per heavy atom. The monoisotopic (exact) mass is 1090 g/mol. The standard InChI is InChI=1S/C25H19N4O2.C24BF20/c26-28-27-21-11-6-10-20(15-21)24(30)16-23-22-12-5-4-7-18(22)13-14-29(23)17-25(31)19-8-2-1-3-9-19;26-5-1(6(27)14(35)21(42)13(5)34)25(2-7(28)15(36)22(43)16(37)8(2)29,3-9(30)17(38)23(44)18(39)10(3)31)4-11(32)19(40)24(45)20(41)12(4)33/h1-15H,16-17H2;/q+1;-1. The second kappa shape index (κ2) is 21.2. The SMILES string of the molecule is Fc1c(F)c(F)c([B-](c2c(F)c(F)c(F)c(F)c2F)(c2c(F)c(F)c(F)c(F)c2F)c2c(F)c(F)c(F)c(F)c2F)c(F)c1F.[N-]=[N+]=Nc1cccc(C(=O)Cc2c3ccccc3cc[n+]2CC(=O)c2ccccc2)c1. The molecular weight excluding hydrogens is 1070 g/mol. The first-order chi connectivity index (χ1) is 35.9. The van der Waals surface area contributed by atoms with Crippen molar-refractivity contribution in [3.05, 3.63) is 235 Å². The summed E-state index contributed by atoms with van der Waals surface area (Å²) in [5, 5.41) is 5.49. The highest BCUT2D eigenvalue weighted by Gasteiger charge is 2.52. The molecule has 0 aliphatic heterocycles. The molecule has 390 valence electrons. The number of hydrogen-bond acceptors (Lipinski definition) is 3. The Morgan fingerprint density at radius 2 is 0.776 bits per heavy atom. The van der Waals surface area contributed by atoms with Crippen molar-refractivity contribution in [1.29, 1.82) is 0 Å². The summed E-state index contributed by atoms with van der Waals surface area (Å²) in [6.07, 6.45) is -5.25. The molecule has 0 aliphatic carbocycles. The van der Waals surface area contributed by atoms with E-state index in [9.17, 15) is 62.3 Å². The Labute approximate surface area is 410 Å². The predicted octanol–water partition coefficient (Wildman–Crippen LogP) is 11.2. The van der Waals surface area contributed by atoms with Crippen LogP contribution < -0.4 is 26.4 Å². The summed E-state index contributed by atoms with van der Waals surface area (Å²) in [5.74, 6) is -71.6. The molecule has 76 heavy (non-hydrogen) atoms. The van der Waals surface area contributed by atoms with Crippen LogP contribution in [0.5, 0.6) is 0 Å². The molecule has 0 fully saturated rings. The van der Waals surface area contributed by atoms with Crippen molar-refractivity contribution >= 4 is 56.0 Å². The summed E-state index contributed by atoms with van der Waals surface area (Å²) < 4.78 is 296. The Hall–Kier alpha value is -8.74. The molecular formula is C49H19BF20N4O2. The maximum Gasteiger partial charge on any atom is 0.227 e.